The SMILES string of the molecule is Nc1ccn2ccnc2c1C(O)c1cc(F)ccc1Cl. The maximum atomic E-state index is 13.4. The number of nitrogens with zero attached hydrogens (tertiary/aromatic N) is 2. The average Bonchev–Trinajstić information content (AvgIpc) is 2.89. The Morgan fingerprint density at radius 3 is 2.90 bits per heavy atom. The molecular formula is C14H11ClFN3O. The summed E-state index contributed by atoms with van der Waals surface area (Å²) < 4.78 is 15.1. The van der Waals surface area contributed by atoms with Gasteiger partial charge in [0.25, 0.3) is 0 Å². The highest BCUT2D eigenvalue weighted by Gasteiger charge is 2.21. The van der Waals surface area contributed by atoms with Crippen LogP contribution in [0, 0.1) is 5.82 Å². The van der Waals surface area contributed by atoms with Crippen molar-refractivity contribution in [3.63, 3.8) is 0 Å². The van der Waals surface area contributed by atoms with E-state index in [1.165, 1.54) is 18.2 Å². The zero-order valence-corrected chi connectivity index (χ0v) is 11.0. The van der Waals surface area contributed by atoms with Crippen LogP contribution in [0.1, 0.15) is 17.2 Å². The zero-order valence-electron chi connectivity index (χ0n) is 10.3. The third kappa shape index (κ3) is 2.01. The third-order valence-corrected chi connectivity index (χ3v) is 3.51. The molecule has 0 spiro atoms. The molecule has 1 atom stereocenters. The molecule has 0 amide bonds. The van der Waals surface area contributed by atoms with Crippen molar-refractivity contribution in [1.29, 1.82) is 0 Å². The number of aliphatic hydroxyl groups is 1. The summed E-state index contributed by atoms with van der Waals surface area (Å²) in [5.74, 6) is -0.475. The van der Waals surface area contributed by atoms with Crippen LogP contribution in [0.5, 0.6) is 0 Å². The Hall–Kier alpha value is -2.11. The first-order valence-corrected chi connectivity index (χ1v) is 6.30. The van der Waals surface area contributed by atoms with Crippen molar-refractivity contribution in [1.82, 2.24) is 9.38 Å². The molecule has 0 fully saturated rings. The summed E-state index contributed by atoms with van der Waals surface area (Å²) in [6.07, 6.45) is 3.92. The topological polar surface area (TPSA) is 63.5 Å². The van der Waals surface area contributed by atoms with Crippen molar-refractivity contribution in [3.8, 4) is 0 Å². The molecular weight excluding hydrogens is 281 g/mol. The number of halogens is 2. The Morgan fingerprint density at radius 1 is 1.30 bits per heavy atom. The van der Waals surface area contributed by atoms with Gasteiger partial charge < -0.3 is 15.2 Å². The van der Waals surface area contributed by atoms with Gasteiger partial charge in [0.05, 0.1) is 5.56 Å². The van der Waals surface area contributed by atoms with Crippen molar-refractivity contribution in [3.05, 3.63) is 64.8 Å². The number of hydrogen-bond donors (Lipinski definition) is 2. The maximum Gasteiger partial charge on any atom is 0.144 e. The van der Waals surface area contributed by atoms with Crippen LogP contribution in [-0.2, 0) is 0 Å². The predicted octanol–water partition coefficient (Wildman–Crippen LogP) is 2.79. The molecule has 0 saturated carbocycles. The van der Waals surface area contributed by atoms with Gasteiger partial charge in [0.1, 0.15) is 17.6 Å². The molecule has 3 aromatic rings. The van der Waals surface area contributed by atoms with E-state index in [0.717, 1.165) is 0 Å². The summed E-state index contributed by atoms with van der Waals surface area (Å²) in [7, 11) is 0. The predicted molar refractivity (Wildman–Crippen MR) is 75.1 cm³/mol. The molecule has 0 saturated heterocycles. The molecule has 3 rings (SSSR count). The molecule has 1 aromatic carbocycles. The minimum Gasteiger partial charge on any atom is -0.398 e. The number of anilines is 1. The minimum absolute atomic E-state index is 0.259. The molecule has 4 nitrogen and oxygen atoms in total. The van der Waals surface area contributed by atoms with Gasteiger partial charge in [-0.05, 0) is 24.3 Å². The fourth-order valence-electron chi connectivity index (χ4n) is 2.18. The van der Waals surface area contributed by atoms with E-state index in [0.29, 0.717) is 16.9 Å². The maximum absolute atomic E-state index is 13.4. The third-order valence-electron chi connectivity index (χ3n) is 3.16. The van der Waals surface area contributed by atoms with Crippen LogP contribution in [0.3, 0.4) is 0 Å². The van der Waals surface area contributed by atoms with Crippen LogP contribution in [0.2, 0.25) is 5.02 Å². The van der Waals surface area contributed by atoms with E-state index >= 15 is 0 Å². The van der Waals surface area contributed by atoms with Crippen molar-refractivity contribution >= 4 is 22.9 Å². The fourth-order valence-corrected chi connectivity index (χ4v) is 2.40. The van der Waals surface area contributed by atoms with E-state index in [4.69, 9.17) is 17.3 Å². The molecule has 0 aliphatic rings. The van der Waals surface area contributed by atoms with Gasteiger partial charge in [0.2, 0.25) is 0 Å². The average molecular weight is 292 g/mol. The Balaban J connectivity index is 2.22. The van der Waals surface area contributed by atoms with Gasteiger partial charge >= 0.3 is 0 Å². The lowest BCUT2D eigenvalue weighted by Crippen LogP contribution is -2.07. The smallest absolute Gasteiger partial charge is 0.144 e. The van der Waals surface area contributed by atoms with E-state index in [9.17, 15) is 9.50 Å². The lowest BCUT2D eigenvalue weighted by molar-refractivity contribution is 0.221. The van der Waals surface area contributed by atoms with Gasteiger partial charge in [0, 0.05) is 34.9 Å². The number of benzene rings is 1. The van der Waals surface area contributed by atoms with Gasteiger partial charge in [-0.2, -0.15) is 0 Å². The van der Waals surface area contributed by atoms with Crippen LogP contribution in [0.4, 0.5) is 10.1 Å². The second-order valence-electron chi connectivity index (χ2n) is 4.41. The molecule has 0 aliphatic carbocycles. The summed E-state index contributed by atoms with van der Waals surface area (Å²) >= 11 is 6.02. The van der Waals surface area contributed by atoms with E-state index in [-0.39, 0.29) is 10.6 Å². The van der Waals surface area contributed by atoms with E-state index in [2.05, 4.69) is 4.98 Å². The van der Waals surface area contributed by atoms with E-state index in [1.54, 1.807) is 29.1 Å². The largest absolute Gasteiger partial charge is 0.398 e. The highest BCUT2D eigenvalue weighted by Crippen LogP contribution is 2.33. The molecule has 20 heavy (non-hydrogen) atoms. The standard InChI is InChI=1S/C14H11ClFN3O/c15-10-2-1-8(16)7-9(10)13(20)12-11(17)3-5-19-6-4-18-14(12)19/h1-7,13,20H,17H2. The van der Waals surface area contributed by atoms with Crippen molar-refractivity contribution in [2.45, 2.75) is 6.10 Å². The fraction of sp³-hybridized carbons (Fsp3) is 0.0714. The van der Waals surface area contributed by atoms with Crippen LogP contribution < -0.4 is 5.73 Å². The van der Waals surface area contributed by atoms with E-state index < -0.39 is 11.9 Å². The number of aromatic nitrogens is 2. The minimum atomic E-state index is -1.15. The van der Waals surface area contributed by atoms with Crippen LogP contribution in [-0.4, -0.2) is 14.5 Å². The number of aliphatic hydroxyl groups excluding tert-OH is 1. The van der Waals surface area contributed by atoms with Crippen LogP contribution in [0.25, 0.3) is 5.65 Å². The van der Waals surface area contributed by atoms with Crippen LogP contribution in [0.15, 0.2) is 42.9 Å². The van der Waals surface area contributed by atoms with Gasteiger partial charge in [-0.15, -0.1) is 0 Å². The number of pyridine rings is 1. The van der Waals surface area contributed by atoms with Gasteiger partial charge in [-0.25, -0.2) is 9.37 Å². The number of rotatable bonds is 2. The normalized spacial score (nSPS) is 12.8. The quantitative estimate of drug-likeness (QED) is 0.763. The van der Waals surface area contributed by atoms with Gasteiger partial charge in [-0.3, -0.25) is 0 Å². The molecule has 2 heterocycles. The summed E-state index contributed by atoms with van der Waals surface area (Å²) in [5, 5.41) is 10.8. The first kappa shape index (κ1) is 12.9. The number of fused-ring (bicyclic) bond motifs is 1. The van der Waals surface area contributed by atoms with Crippen molar-refractivity contribution in [2.24, 2.45) is 0 Å². The highest BCUT2D eigenvalue weighted by molar-refractivity contribution is 6.31. The number of hydrogen-bond acceptors (Lipinski definition) is 3. The zero-order chi connectivity index (χ0) is 14.3. The first-order chi connectivity index (χ1) is 9.58. The Bertz CT molecular complexity index is 787. The summed E-state index contributed by atoms with van der Waals surface area (Å²) in [5.41, 5.74) is 7.47. The number of nitrogens with two attached hydrogens (primary N) is 1. The Morgan fingerprint density at radius 2 is 2.10 bits per heavy atom. The van der Waals surface area contributed by atoms with Gasteiger partial charge in [0.15, 0.2) is 0 Å². The monoisotopic (exact) mass is 291 g/mol. The summed E-state index contributed by atoms with van der Waals surface area (Å²) in [4.78, 5) is 4.16. The molecule has 0 aliphatic heterocycles. The Kier molecular flexibility index (Phi) is 3.08. The summed E-state index contributed by atoms with van der Waals surface area (Å²) in [6.45, 7) is 0. The lowest BCUT2D eigenvalue weighted by Gasteiger charge is -2.16. The second kappa shape index (κ2) is 4.77. The Labute approximate surface area is 119 Å². The van der Waals surface area contributed by atoms with E-state index in [1.807, 2.05) is 0 Å². The first-order valence-electron chi connectivity index (χ1n) is 5.92. The lowest BCUT2D eigenvalue weighted by atomic mass is 10.0. The highest BCUT2D eigenvalue weighted by atomic mass is 35.5. The van der Waals surface area contributed by atoms with Crippen LogP contribution >= 0.6 is 11.6 Å². The van der Waals surface area contributed by atoms with Crippen molar-refractivity contribution < 1.29 is 9.50 Å². The van der Waals surface area contributed by atoms with Gasteiger partial charge in [-0.1, -0.05) is 11.6 Å². The molecule has 102 valence electrons. The number of nitrogen functional groups attached to an aromatic ring is 1. The number of imidazole rings is 1. The molecule has 6 heteroatoms. The molecule has 3 N–H and O–H groups in total. The second-order valence-corrected chi connectivity index (χ2v) is 4.82. The summed E-state index contributed by atoms with van der Waals surface area (Å²) in [6, 6.07) is 5.48. The molecule has 2 aromatic heterocycles. The van der Waals surface area contributed by atoms with Crippen molar-refractivity contribution in [2.75, 3.05) is 5.73 Å². The molecule has 1 unspecified atom stereocenters. The molecule has 0 radical (unpaired) electrons. The molecule has 0 bridgehead atoms.